The minimum Gasteiger partial charge on any atom is -0.360 e. The van der Waals surface area contributed by atoms with Crippen molar-refractivity contribution in [3.8, 4) is 11.3 Å². The number of fused-ring (bicyclic) bond motifs is 1. The molecule has 0 spiro atoms. The summed E-state index contributed by atoms with van der Waals surface area (Å²) < 4.78 is 14.8. The second kappa shape index (κ2) is 12.2. The Labute approximate surface area is 232 Å². The molecule has 7 heteroatoms. The quantitative estimate of drug-likeness (QED) is 0.145. The summed E-state index contributed by atoms with van der Waals surface area (Å²) in [6.45, 7) is 8.47. The van der Waals surface area contributed by atoms with E-state index in [1.807, 2.05) is 6.07 Å². The minimum absolute atomic E-state index is 0.104. The highest BCUT2D eigenvalue weighted by Crippen LogP contribution is 2.54. The lowest BCUT2D eigenvalue weighted by atomic mass is 10.1. The third-order valence-electron chi connectivity index (χ3n) is 7.03. The highest BCUT2D eigenvalue weighted by atomic mass is 32.3. The summed E-state index contributed by atoms with van der Waals surface area (Å²) in [7, 11) is -1.07. The number of benzene rings is 2. The number of hydrogen-bond donors (Lipinski definition) is 0. The Morgan fingerprint density at radius 3 is 2.34 bits per heavy atom. The highest BCUT2D eigenvalue weighted by Gasteiger charge is 2.28. The third-order valence-corrected chi connectivity index (χ3v) is 11.5. The van der Waals surface area contributed by atoms with Gasteiger partial charge in [-0.3, -0.25) is 0 Å². The van der Waals surface area contributed by atoms with Gasteiger partial charge in [-0.25, -0.2) is 9.97 Å². The monoisotopic (exact) mass is 551 g/mol. The normalized spacial score (nSPS) is 13.6. The largest absolute Gasteiger partial charge is 0.360 e. The Bertz CT molecular complexity index is 1370. The molecule has 5 nitrogen and oxygen atoms in total. The molecular formula is C31H41N3O2S2. The summed E-state index contributed by atoms with van der Waals surface area (Å²) in [6.07, 6.45) is 9.04. The number of aromatic nitrogens is 3. The van der Waals surface area contributed by atoms with Crippen LogP contribution in [-0.4, -0.2) is 56.3 Å². The van der Waals surface area contributed by atoms with Gasteiger partial charge in [0.05, 0.1) is 24.6 Å². The lowest BCUT2D eigenvalue weighted by molar-refractivity contribution is 0.0936. The first-order valence-corrected chi connectivity index (χ1v) is 17.2. The van der Waals surface area contributed by atoms with Gasteiger partial charge in [-0.15, -0.1) is 10.3 Å². The van der Waals surface area contributed by atoms with Crippen molar-refractivity contribution in [1.82, 2.24) is 14.5 Å². The molecule has 0 amide bonds. The van der Waals surface area contributed by atoms with Crippen LogP contribution in [0.25, 0.3) is 22.3 Å². The summed E-state index contributed by atoms with van der Waals surface area (Å²) in [5.41, 5.74) is 6.52. The van der Waals surface area contributed by atoms with Gasteiger partial charge in [0.25, 0.3) is 0 Å². The number of hydrogen-bond acceptors (Lipinski definition) is 4. The topological polar surface area (TPSA) is 49.2 Å². The van der Waals surface area contributed by atoms with Gasteiger partial charge in [-0.2, -0.15) is 10.5 Å². The maximum absolute atomic E-state index is 6.39. The van der Waals surface area contributed by atoms with E-state index in [0.717, 1.165) is 40.2 Å². The number of ether oxygens (including phenoxy) is 1. The van der Waals surface area contributed by atoms with E-state index in [2.05, 4.69) is 115 Å². The van der Waals surface area contributed by atoms with E-state index in [9.17, 15) is 0 Å². The van der Waals surface area contributed by atoms with Gasteiger partial charge < -0.3 is 13.5 Å². The molecular weight excluding hydrogens is 510 g/mol. The van der Waals surface area contributed by atoms with E-state index < -0.39 is 10.3 Å². The lowest BCUT2D eigenvalue weighted by Gasteiger charge is -2.43. The fourth-order valence-corrected chi connectivity index (χ4v) is 5.12. The Morgan fingerprint density at radius 2 is 1.68 bits per heavy atom. The molecule has 0 bridgehead atoms. The lowest BCUT2D eigenvalue weighted by Crippen LogP contribution is -2.24. The van der Waals surface area contributed by atoms with Crippen molar-refractivity contribution in [1.29, 1.82) is 0 Å². The third kappa shape index (κ3) is 6.94. The molecule has 0 aliphatic heterocycles. The maximum Gasteiger partial charge on any atom is 0.145 e. The van der Waals surface area contributed by atoms with E-state index in [0.29, 0.717) is 19.9 Å². The SMILES string of the molecule is C=S(C)CCOCn1c(-c2ccc(COS(C)(C)C(C)(C)C)cc2)cc2c(Cc3ccccc3)ncnc21. The molecule has 204 valence electrons. The zero-order valence-electron chi connectivity index (χ0n) is 23.6. The molecule has 0 radical (unpaired) electrons. The summed E-state index contributed by atoms with van der Waals surface area (Å²) in [6, 6.07) is 21.3. The Balaban J connectivity index is 1.64. The fraction of sp³-hybridized carbons (Fsp3) is 0.387. The molecule has 4 rings (SSSR count). The van der Waals surface area contributed by atoms with Crippen LogP contribution in [0.1, 0.15) is 37.6 Å². The van der Waals surface area contributed by atoms with Crippen molar-refractivity contribution in [2.24, 2.45) is 0 Å². The number of rotatable bonds is 11. The van der Waals surface area contributed by atoms with Gasteiger partial charge >= 0.3 is 0 Å². The van der Waals surface area contributed by atoms with E-state index in [1.165, 1.54) is 11.1 Å². The van der Waals surface area contributed by atoms with Gasteiger partial charge in [0.15, 0.2) is 0 Å². The zero-order valence-corrected chi connectivity index (χ0v) is 25.2. The molecule has 0 N–H and O–H groups in total. The molecule has 0 aliphatic rings. The van der Waals surface area contributed by atoms with Crippen LogP contribution in [0.2, 0.25) is 0 Å². The second-order valence-corrected chi connectivity index (χ2v) is 16.9. The molecule has 0 aliphatic carbocycles. The maximum atomic E-state index is 6.39. The molecule has 1 unspecified atom stereocenters. The first kappa shape index (κ1) is 28.6. The van der Waals surface area contributed by atoms with Crippen molar-refractivity contribution in [2.45, 2.75) is 45.3 Å². The Kier molecular flexibility index (Phi) is 9.14. The minimum atomic E-state index is -1.17. The predicted molar refractivity (Wildman–Crippen MR) is 168 cm³/mol. The molecule has 2 aromatic carbocycles. The predicted octanol–water partition coefficient (Wildman–Crippen LogP) is 7.29. The molecule has 0 fully saturated rings. The Morgan fingerprint density at radius 1 is 0.974 bits per heavy atom. The van der Waals surface area contributed by atoms with Crippen LogP contribution in [0.4, 0.5) is 0 Å². The van der Waals surface area contributed by atoms with Crippen LogP contribution in [0.15, 0.2) is 67.0 Å². The van der Waals surface area contributed by atoms with Crippen molar-refractivity contribution < 1.29 is 8.92 Å². The summed E-state index contributed by atoms with van der Waals surface area (Å²) in [4.78, 5) is 9.35. The summed E-state index contributed by atoms with van der Waals surface area (Å²) in [5, 5.41) is 1.06. The second-order valence-electron chi connectivity index (χ2n) is 11.0. The zero-order chi connectivity index (χ0) is 27.3. The van der Waals surface area contributed by atoms with Crippen LogP contribution < -0.4 is 0 Å². The van der Waals surface area contributed by atoms with Crippen LogP contribution in [0, 0.1) is 0 Å². The first-order chi connectivity index (χ1) is 18.0. The molecule has 1 atom stereocenters. The van der Waals surface area contributed by atoms with E-state index in [4.69, 9.17) is 8.92 Å². The van der Waals surface area contributed by atoms with Crippen molar-refractivity contribution in [3.63, 3.8) is 0 Å². The Hall–Kier alpha value is -2.45. The van der Waals surface area contributed by atoms with E-state index in [-0.39, 0.29) is 15.2 Å². The van der Waals surface area contributed by atoms with E-state index in [1.54, 1.807) is 6.33 Å². The average Bonchev–Trinajstić information content (AvgIpc) is 3.25. The first-order valence-electron chi connectivity index (χ1n) is 12.9. The molecule has 2 heterocycles. The fourth-order valence-electron chi connectivity index (χ4n) is 3.93. The van der Waals surface area contributed by atoms with Gasteiger partial charge in [0.1, 0.15) is 18.7 Å². The average molecular weight is 552 g/mol. The van der Waals surface area contributed by atoms with Crippen molar-refractivity contribution in [2.75, 3.05) is 31.1 Å². The van der Waals surface area contributed by atoms with Gasteiger partial charge in [-0.05, 0) is 41.5 Å². The van der Waals surface area contributed by atoms with Gasteiger partial charge in [0.2, 0.25) is 0 Å². The highest BCUT2D eigenvalue weighted by molar-refractivity contribution is 8.29. The van der Waals surface area contributed by atoms with Gasteiger partial charge in [0, 0.05) is 22.3 Å². The van der Waals surface area contributed by atoms with Crippen LogP contribution in [-0.2, 0) is 28.7 Å². The summed E-state index contributed by atoms with van der Waals surface area (Å²) in [5.74, 6) is 5.05. The summed E-state index contributed by atoms with van der Waals surface area (Å²) >= 11 is 0. The molecule has 4 aromatic rings. The smallest absolute Gasteiger partial charge is 0.145 e. The van der Waals surface area contributed by atoms with Crippen molar-refractivity contribution in [3.05, 3.63) is 83.8 Å². The van der Waals surface area contributed by atoms with Crippen LogP contribution in [0.5, 0.6) is 0 Å². The van der Waals surface area contributed by atoms with Crippen LogP contribution in [0.3, 0.4) is 0 Å². The molecule has 2 aromatic heterocycles. The van der Waals surface area contributed by atoms with E-state index >= 15 is 0 Å². The van der Waals surface area contributed by atoms with Crippen molar-refractivity contribution >= 4 is 37.7 Å². The standard InChI is InChI=1S/C31H41N3O2S2/c1-31(2,3)38(6,7)36-21-25-13-15-26(16-14-25)29-20-27-28(19-24-11-9-8-10-12-24)32-22-33-30(27)34(29)23-35-17-18-37(4)5/h8-16,20,22H,4,17-19,21,23H2,1-3,5-7H3. The van der Waals surface area contributed by atoms with Crippen LogP contribution >= 0.6 is 20.8 Å². The molecule has 0 saturated heterocycles. The molecule has 38 heavy (non-hydrogen) atoms. The molecule has 0 saturated carbocycles. The van der Waals surface area contributed by atoms with Gasteiger partial charge in [-0.1, -0.05) is 81.2 Å². The number of nitrogens with zero attached hydrogens (tertiary/aromatic N) is 3.